The number of likely N-dealkylation sites (tertiary alicyclic amines) is 1. The van der Waals surface area contributed by atoms with E-state index in [9.17, 15) is 14.0 Å². The lowest BCUT2D eigenvalue weighted by atomic mass is 9.86. The van der Waals surface area contributed by atoms with Crippen molar-refractivity contribution in [2.75, 3.05) is 37.7 Å². The summed E-state index contributed by atoms with van der Waals surface area (Å²) in [7, 11) is 0. The molecule has 3 fully saturated rings. The van der Waals surface area contributed by atoms with Crippen molar-refractivity contribution >= 4 is 17.5 Å². The fraction of sp³-hybridized carbons (Fsp3) is 0.579. The first-order chi connectivity index (χ1) is 12.1. The van der Waals surface area contributed by atoms with Gasteiger partial charge in [-0.15, -0.1) is 0 Å². The predicted molar refractivity (Wildman–Crippen MR) is 90.5 cm³/mol. The van der Waals surface area contributed by atoms with Gasteiger partial charge in [0.15, 0.2) is 0 Å². The van der Waals surface area contributed by atoms with Crippen LogP contribution in [0.2, 0.25) is 0 Å². The average Bonchev–Trinajstić information content (AvgIpc) is 3.18. The highest BCUT2D eigenvalue weighted by atomic mass is 19.1. The van der Waals surface area contributed by atoms with E-state index in [1.165, 1.54) is 12.1 Å². The van der Waals surface area contributed by atoms with Gasteiger partial charge in [0.2, 0.25) is 11.8 Å². The normalized spacial score (nSPS) is 27.5. The van der Waals surface area contributed by atoms with Crippen LogP contribution >= 0.6 is 0 Å². The van der Waals surface area contributed by atoms with Gasteiger partial charge in [-0.25, -0.2) is 4.39 Å². The Balaban J connectivity index is 1.45. The molecule has 0 saturated carbocycles. The molecular weight excluding hydrogens is 323 g/mol. The van der Waals surface area contributed by atoms with Crippen molar-refractivity contribution in [3.63, 3.8) is 0 Å². The molecule has 0 aliphatic carbocycles. The maximum absolute atomic E-state index is 13.5. The summed E-state index contributed by atoms with van der Waals surface area (Å²) in [5, 5.41) is 0. The van der Waals surface area contributed by atoms with Crippen molar-refractivity contribution in [3.8, 4) is 0 Å². The molecule has 5 nitrogen and oxygen atoms in total. The highest BCUT2D eigenvalue weighted by Crippen LogP contribution is 2.42. The minimum atomic E-state index is -0.339. The summed E-state index contributed by atoms with van der Waals surface area (Å²) in [5.74, 6) is -0.0582. The van der Waals surface area contributed by atoms with Crippen molar-refractivity contribution in [1.82, 2.24) is 4.90 Å². The van der Waals surface area contributed by atoms with Crippen LogP contribution < -0.4 is 4.90 Å². The fourth-order valence-electron chi connectivity index (χ4n) is 4.37. The molecule has 0 unspecified atom stereocenters. The Morgan fingerprint density at radius 3 is 2.80 bits per heavy atom. The number of halogens is 1. The second kappa shape index (κ2) is 6.41. The zero-order valence-corrected chi connectivity index (χ0v) is 14.2. The van der Waals surface area contributed by atoms with E-state index in [0.29, 0.717) is 45.0 Å². The quantitative estimate of drug-likeness (QED) is 0.825. The van der Waals surface area contributed by atoms with Crippen molar-refractivity contribution in [2.24, 2.45) is 11.3 Å². The maximum atomic E-state index is 13.5. The summed E-state index contributed by atoms with van der Waals surface area (Å²) in [5.41, 5.74) is 0.417. The van der Waals surface area contributed by atoms with Crippen molar-refractivity contribution < 1.29 is 18.7 Å². The zero-order chi connectivity index (χ0) is 17.4. The first kappa shape index (κ1) is 16.5. The standard InChI is InChI=1S/C19H23FN2O3/c20-15-2-1-3-16(10-15)22-13-19(11-17(22)23)6-7-21(12-19)18(24)14-4-8-25-9-5-14/h1-3,10,14H,4-9,11-13H2/t19-/m1/s1. The van der Waals surface area contributed by atoms with Gasteiger partial charge in [-0.2, -0.15) is 0 Å². The second-order valence-electron chi connectivity index (χ2n) is 7.53. The van der Waals surface area contributed by atoms with E-state index in [1.807, 2.05) is 4.90 Å². The van der Waals surface area contributed by atoms with E-state index in [1.54, 1.807) is 17.0 Å². The molecular formula is C19H23FN2O3. The molecule has 1 aromatic rings. The number of carbonyl (C=O) groups is 2. The molecule has 3 heterocycles. The molecule has 1 atom stereocenters. The number of anilines is 1. The monoisotopic (exact) mass is 346 g/mol. The molecule has 25 heavy (non-hydrogen) atoms. The summed E-state index contributed by atoms with van der Waals surface area (Å²) in [6.45, 7) is 3.20. The third-order valence-electron chi connectivity index (χ3n) is 5.76. The van der Waals surface area contributed by atoms with Gasteiger partial charge >= 0.3 is 0 Å². The molecule has 3 aliphatic rings. The molecule has 0 aromatic heterocycles. The molecule has 3 aliphatic heterocycles. The molecule has 0 N–H and O–H groups in total. The van der Waals surface area contributed by atoms with Crippen molar-refractivity contribution in [2.45, 2.75) is 25.7 Å². The highest BCUT2D eigenvalue weighted by molar-refractivity contribution is 5.96. The second-order valence-corrected chi connectivity index (χ2v) is 7.53. The maximum Gasteiger partial charge on any atom is 0.227 e. The Kier molecular flexibility index (Phi) is 4.23. The lowest BCUT2D eigenvalue weighted by Gasteiger charge is -2.28. The number of nitrogens with zero attached hydrogens (tertiary/aromatic N) is 2. The molecule has 4 rings (SSSR count). The van der Waals surface area contributed by atoms with E-state index < -0.39 is 0 Å². The number of carbonyl (C=O) groups excluding carboxylic acids is 2. The van der Waals surface area contributed by atoms with Crippen molar-refractivity contribution in [3.05, 3.63) is 30.1 Å². The van der Waals surface area contributed by atoms with Gasteiger partial charge in [-0.3, -0.25) is 9.59 Å². The molecule has 1 aromatic carbocycles. The van der Waals surface area contributed by atoms with Crippen LogP contribution in [0.25, 0.3) is 0 Å². The molecule has 134 valence electrons. The van der Waals surface area contributed by atoms with Gasteiger partial charge in [-0.1, -0.05) is 6.07 Å². The lowest BCUT2D eigenvalue weighted by molar-refractivity contribution is -0.138. The Bertz CT molecular complexity index is 689. The summed E-state index contributed by atoms with van der Waals surface area (Å²) >= 11 is 0. The Morgan fingerprint density at radius 1 is 1.24 bits per heavy atom. The van der Waals surface area contributed by atoms with Crippen LogP contribution in [0.1, 0.15) is 25.7 Å². The lowest BCUT2D eigenvalue weighted by Crippen LogP contribution is -2.39. The third kappa shape index (κ3) is 3.15. The van der Waals surface area contributed by atoms with Gasteiger partial charge in [0.25, 0.3) is 0 Å². The van der Waals surface area contributed by atoms with E-state index >= 15 is 0 Å². The van der Waals surface area contributed by atoms with Crippen molar-refractivity contribution in [1.29, 1.82) is 0 Å². The molecule has 0 radical (unpaired) electrons. The first-order valence-corrected chi connectivity index (χ1v) is 8.99. The number of amides is 2. The smallest absolute Gasteiger partial charge is 0.227 e. The zero-order valence-electron chi connectivity index (χ0n) is 14.2. The van der Waals surface area contributed by atoms with Gasteiger partial charge in [-0.05, 0) is 37.5 Å². The highest BCUT2D eigenvalue weighted by Gasteiger charge is 2.49. The minimum Gasteiger partial charge on any atom is -0.381 e. The fourth-order valence-corrected chi connectivity index (χ4v) is 4.37. The topological polar surface area (TPSA) is 49.9 Å². The number of hydrogen-bond donors (Lipinski definition) is 0. The largest absolute Gasteiger partial charge is 0.381 e. The van der Waals surface area contributed by atoms with E-state index in [0.717, 1.165) is 19.3 Å². The number of ether oxygens (including phenoxy) is 1. The number of hydrogen-bond acceptors (Lipinski definition) is 3. The minimum absolute atomic E-state index is 0.0194. The van der Waals surface area contributed by atoms with E-state index in [2.05, 4.69) is 0 Å². The summed E-state index contributed by atoms with van der Waals surface area (Å²) in [6.07, 6.45) is 2.84. The number of benzene rings is 1. The average molecular weight is 346 g/mol. The van der Waals surface area contributed by atoms with Gasteiger partial charge < -0.3 is 14.5 Å². The summed E-state index contributed by atoms with van der Waals surface area (Å²) in [4.78, 5) is 28.9. The Hall–Kier alpha value is -1.95. The molecule has 1 spiro atoms. The summed E-state index contributed by atoms with van der Waals surface area (Å²) < 4.78 is 18.8. The Morgan fingerprint density at radius 2 is 2.04 bits per heavy atom. The van der Waals surface area contributed by atoms with Crippen LogP contribution in [0.15, 0.2) is 24.3 Å². The van der Waals surface area contributed by atoms with E-state index in [-0.39, 0.29) is 29.0 Å². The van der Waals surface area contributed by atoms with Crippen LogP contribution in [0.3, 0.4) is 0 Å². The first-order valence-electron chi connectivity index (χ1n) is 8.99. The molecule has 3 saturated heterocycles. The summed E-state index contributed by atoms with van der Waals surface area (Å²) in [6, 6.07) is 6.17. The van der Waals surface area contributed by atoms with E-state index in [4.69, 9.17) is 4.74 Å². The molecule has 2 amide bonds. The molecule has 0 bridgehead atoms. The van der Waals surface area contributed by atoms with Gasteiger partial charge in [0.1, 0.15) is 5.82 Å². The predicted octanol–water partition coefficient (Wildman–Crippen LogP) is 2.21. The van der Waals surface area contributed by atoms with Crippen LogP contribution in [-0.4, -0.2) is 49.6 Å². The molecule has 6 heteroatoms. The van der Waals surface area contributed by atoms with Crippen LogP contribution in [0, 0.1) is 17.2 Å². The van der Waals surface area contributed by atoms with Crippen LogP contribution in [0.5, 0.6) is 0 Å². The third-order valence-corrected chi connectivity index (χ3v) is 5.76. The van der Waals surface area contributed by atoms with Crippen LogP contribution in [0.4, 0.5) is 10.1 Å². The Labute approximate surface area is 146 Å². The van der Waals surface area contributed by atoms with Crippen LogP contribution in [-0.2, 0) is 14.3 Å². The van der Waals surface area contributed by atoms with Gasteiger partial charge in [0.05, 0.1) is 0 Å². The number of rotatable bonds is 2. The SMILES string of the molecule is O=C(C1CCOCC1)N1CC[C@@]2(CC(=O)N(c3cccc(F)c3)C2)C1. The van der Waals surface area contributed by atoms with Gasteiger partial charge in [0, 0.05) is 56.3 Å².